The van der Waals surface area contributed by atoms with Crippen LogP contribution in [0.3, 0.4) is 0 Å². The van der Waals surface area contributed by atoms with Gasteiger partial charge < -0.3 is 106 Å². The molecule has 0 aliphatic heterocycles. The van der Waals surface area contributed by atoms with Crippen molar-refractivity contribution in [1.82, 2.24) is 58.5 Å². The lowest BCUT2D eigenvalue weighted by molar-refractivity contribution is -0.192. The van der Waals surface area contributed by atoms with Gasteiger partial charge in [-0.1, -0.05) is 26.0 Å². The number of carbonyl (C=O) groups excluding carboxylic acids is 13. The van der Waals surface area contributed by atoms with Gasteiger partial charge in [-0.2, -0.15) is 37.6 Å². The summed E-state index contributed by atoms with van der Waals surface area (Å²) >= 11 is 5.47. The van der Waals surface area contributed by atoms with Crippen molar-refractivity contribution in [1.29, 1.82) is 0 Å². The number of nitrogens with one attached hydrogen (secondary N) is 11. The zero-order valence-corrected chi connectivity index (χ0v) is 55.4. The van der Waals surface area contributed by atoms with Crippen molar-refractivity contribution >= 4 is 131 Å². The number of phenolic OH excluding ortho intramolecular Hbond substituents is 1. The fourth-order valence-electron chi connectivity index (χ4n) is 8.08. The summed E-state index contributed by atoms with van der Waals surface area (Å²) in [5.74, 6) is -22.9. The van der Waals surface area contributed by atoms with E-state index >= 15 is 0 Å². The molecule has 0 spiro atoms. The molecule has 13 amide bonds. The number of thioether (sulfide) groups is 1. The molecule has 99 heavy (non-hydrogen) atoms. The highest BCUT2D eigenvalue weighted by Crippen LogP contribution is 2.15. The highest BCUT2D eigenvalue weighted by Gasteiger charge is 2.39. The zero-order chi connectivity index (χ0) is 76.0. The Balaban J connectivity index is 0.0000129. The van der Waals surface area contributed by atoms with Gasteiger partial charge in [0.1, 0.15) is 60.1 Å². The summed E-state index contributed by atoms with van der Waals surface area (Å²) in [6.45, 7) is 2.77. The second kappa shape index (κ2) is 45.4. The Bertz CT molecular complexity index is 3040. The molecule has 0 saturated carbocycles. The number of hydrogen-bond donors (Lipinski definition) is 21. The number of carbonyl (C=O) groups is 18. The molecule has 1 rings (SSSR count). The van der Waals surface area contributed by atoms with Crippen LogP contribution in [0.5, 0.6) is 5.75 Å². The topological polar surface area (TPSA) is 639 Å². The van der Waals surface area contributed by atoms with Crippen LogP contribution in [0.25, 0.3) is 0 Å². The maximum Gasteiger partial charge on any atom is 0.490 e. The van der Waals surface area contributed by atoms with Crippen LogP contribution in [0, 0.1) is 5.92 Å². The second-order valence-electron chi connectivity index (χ2n) is 21.9. The quantitative estimate of drug-likeness (QED) is 0.0270. The van der Waals surface area contributed by atoms with Gasteiger partial charge in [-0.15, -0.1) is 0 Å². The fraction of sp³-hybridized carbons (Fsp3) is 0.571. The Morgan fingerprint density at radius 3 is 1.25 bits per heavy atom. The number of halogens is 3. The minimum absolute atomic E-state index is 0.0720. The molecule has 0 unspecified atom stereocenters. The van der Waals surface area contributed by atoms with E-state index in [1.54, 1.807) is 20.1 Å². The average Bonchev–Trinajstić information content (AvgIpc) is 0.869. The number of aromatic hydroxyl groups is 1. The van der Waals surface area contributed by atoms with Crippen molar-refractivity contribution in [3.63, 3.8) is 0 Å². The first-order valence-electron chi connectivity index (χ1n) is 29.7. The molecule has 0 aliphatic carbocycles. The van der Waals surface area contributed by atoms with Gasteiger partial charge in [0.25, 0.3) is 0 Å². The number of aliphatic carboxylic acids is 5. The van der Waals surface area contributed by atoms with E-state index < -0.39 is 244 Å². The Kier molecular flexibility index (Phi) is 40.8. The maximum absolute atomic E-state index is 13.8. The minimum atomic E-state index is -5.08. The van der Waals surface area contributed by atoms with E-state index in [9.17, 15) is 120 Å². The molecule has 0 heterocycles. The van der Waals surface area contributed by atoms with E-state index in [2.05, 4.69) is 65.8 Å². The molecule has 0 saturated heterocycles. The van der Waals surface area contributed by atoms with Crippen LogP contribution in [0.1, 0.15) is 97.0 Å². The minimum Gasteiger partial charge on any atom is -0.508 e. The van der Waals surface area contributed by atoms with Gasteiger partial charge in [-0.25, -0.2) is 4.79 Å². The molecule has 23 N–H and O–H groups in total. The lowest BCUT2D eigenvalue weighted by Crippen LogP contribution is -2.59. The largest absolute Gasteiger partial charge is 0.508 e. The van der Waals surface area contributed by atoms with E-state index in [-0.39, 0.29) is 36.7 Å². The number of rotatable bonds is 45. The molecule has 554 valence electrons. The summed E-state index contributed by atoms with van der Waals surface area (Å²) in [5.41, 5.74) is 16.9. The van der Waals surface area contributed by atoms with Crippen LogP contribution in [0.15, 0.2) is 24.3 Å². The molecule has 0 radical (unpaired) electrons. The van der Waals surface area contributed by atoms with Crippen molar-refractivity contribution in [3.05, 3.63) is 29.8 Å². The van der Waals surface area contributed by atoms with E-state index in [4.69, 9.17) is 27.1 Å². The van der Waals surface area contributed by atoms with Crippen molar-refractivity contribution in [2.75, 3.05) is 30.9 Å². The number of primary amides is 2. The van der Waals surface area contributed by atoms with Crippen LogP contribution in [-0.2, 0) is 92.7 Å². The van der Waals surface area contributed by atoms with Gasteiger partial charge >= 0.3 is 36.0 Å². The monoisotopic (exact) mass is 1460 g/mol. The van der Waals surface area contributed by atoms with Crippen molar-refractivity contribution in [2.45, 2.75) is 164 Å². The normalized spacial score (nSPS) is 13.9. The van der Waals surface area contributed by atoms with Gasteiger partial charge in [0.2, 0.25) is 76.8 Å². The van der Waals surface area contributed by atoms with Crippen LogP contribution in [0.4, 0.5) is 13.2 Å². The number of amides is 13. The van der Waals surface area contributed by atoms with Crippen molar-refractivity contribution in [3.8, 4) is 5.75 Å². The van der Waals surface area contributed by atoms with Crippen LogP contribution >= 0.6 is 24.4 Å². The molecule has 38 nitrogen and oxygen atoms in total. The lowest BCUT2D eigenvalue weighted by atomic mass is 10.0. The Labute approximate surface area is 571 Å². The average molecular weight is 1460 g/mol. The Morgan fingerprint density at radius 2 is 0.859 bits per heavy atom. The SMILES string of the molecule is CSCC[C@H](NC(=O)[C@H](CS)NC(=O)CNC(=O)[C@H](Cc1ccc(O)cc1)NC(=O)[C@H](CCC(=O)O)NC(=O)CNC(=O)[C@H](C)NC(=O)[C@H](CC(=O)O)NC(=O)[C@H](CCC(=O)O)NC(=O)[C@H](CCC(=O)O)NC(=O)[C@H](CCC(N)=O)NC(=O)[C@@H](N)CC(C)C)C(N)=O.O=C(O)C(F)(F)F. The molecular weight excluding hydrogens is 1370 g/mol. The number of phenols is 1. The van der Waals surface area contributed by atoms with E-state index in [0.29, 0.717) is 11.3 Å². The van der Waals surface area contributed by atoms with E-state index in [1.165, 1.54) is 36.0 Å². The third-order valence-electron chi connectivity index (χ3n) is 13.2. The summed E-state index contributed by atoms with van der Waals surface area (Å²) in [6, 6.07) is -10.7. The Morgan fingerprint density at radius 1 is 0.485 bits per heavy atom. The molecule has 0 fully saturated rings. The number of thiol groups is 1. The molecule has 1 aromatic carbocycles. The summed E-state index contributed by atoms with van der Waals surface area (Å²) < 4.78 is 31.7. The van der Waals surface area contributed by atoms with Crippen LogP contribution in [0.2, 0.25) is 0 Å². The zero-order valence-electron chi connectivity index (χ0n) is 53.7. The fourth-order valence-corrected chi connectivity index (χ4v) is 8.81. The number of hydrogen-bond acceptors (Lipinski definition) is 22. The van der Waals surface area contributed by atoms with Crippen molar-refractivity contribution < 1.29 is 130 Å². The summed E-state index contributed by atoms with van der Waals surface area (Å²) in [7, 11) is 0. The molecule has 0 aromatic heterocycles. The van der Waals surface area contributed by atoms with E-state index in [1.807, 2.05) is 5.32 Å². The first-order valence-corrected chi connectivity index (χ1v) is 31.7. The summed E-state index contributed by atoms with van der Waals surface area (Å²) in [5, 5.41) is 79.7. The molecule has 0 aliphatic rings. The molecule has 10 atom stereocenters. The number of carboxylic acids is 5. The van der Waals surface area contributed by atoms with Crippen LogP contribution < -0.4 is 75.7 Å². The lowest BCUT2D eigenvalue weighted by Gasteiger charge is -2.26. The summed E-state index contributed by atoms with van der Waals surface area (Å²) in [4.78, 5) is 227. The molecule has 0 bridgehead atoms. The smallest absolute Gasteiger partial charge is 0.490 e. The standard InChI is InChI=1S/C54H82N14O22S2.C2HF3O2/c1-25(2)19-29(55)47(83)64-32(9-13-38(56)70)50(86)65-33(11-15-42(75)76)51(87)66-34(12-16-43(77)78)52(88)68-36(21-44(79)80)53(89)60-26(3)46(82)58-22-39(71)61-31(10-14-41(73)74)49(85)67-35(20-27-5-7-28(69)8-6-27)48(84)59-23-40(72)62-37(24-91)54(90)63-30(45(57)81)17-18-92-4;3-2(4,5)1(6)7/h5-8,25-26,29-37,69,91H,9-24,55H2,1-4H3,(H2,56,70)(H2,57,81)(H,58,82)(H,59,84)(H,60,89)(H,61,71)(H,62,72)(H,63,90)(H,64,83)(H,65,86)(H,66,87)(H,67,85)(H,68,88)(H,73,74)(H,75,76)(H,77,78)(H,79,80);(H,6,7)/t26-,29-,30-,31-,32-,33-,34-,35-,36-,37-;/m0./s1. The third kappa shape index (κ3) is 38.5. The second-order valence-corrected chi connectivity index (χ2v) is 23.3. The first kappa shape index (κ1) is 88.9. The number of alkyl halides is 3. The highest BCUT2D eigenvalue weighted by atomic mass is 32.2. The summed E-state index contributed by atoms with van der Waals surface area (Å²) in [6.07, 6.45) is -9.86. The number of nitrogens with two attached hydrogens (primary N) is 3. The highest BCUT2D eigenvalue weighted by molar-refractivity contribution is 7.98. The van der Waals surface area contributed by atoms with Gasteiger partial charge in [0.15, 0.2) is 0 Å². The van der Waals surface area contributed by atoms with Gasteiger partial charge in [0.05, 0.1) is 25.6 Å². The van der Waals surface area contributed by atoms with Gasteiger partial charge in [-0.3, -0.25) is 81.5 Å². The van der Waals surface area contributed by atoms with E-state index in [0.717, 1.165) is 6.92 Å². The Hall–Kier alpha value is -10.1. The molecule has 1 aromatic rings. The van der Waals surface area contributed by atoms with Crippen molar-refractivity contribution in [2.24, 2.45) is 23.1 Å². The molecular formula is C56H83F3N14O24S2. The third-order valence-corrected chi connectivity index (χ3v) is 14.2. The number of carboxylic acid groups (broad SMARTS) is 5. The maximum atomic E-state index is 13.8. The predicted molar refractivity (Wildman–Crippen MR) is 339 cm³/mol. The van der Waals surface area contributed by atoms with Crippen LogP contribution in [-0.4, -0.2) is 235 Å². The molecule has 43 heteroatoms. The van der Waals surface area contributed by atoms with Gasteiger partial charge in [-0.05, 0) is 81.1 Å². The van der Waals surface area contributed by atoms with Gasteiger partial charge in [0, 0.05) is 37.9 Å². The predicted octanol–water partition coefficient (Wildman–Crippen LogP) is -5.94. The first-order chi connectivity index (χ1) is 46.0. The number of benzene rings is 1.